The summed E-state index contributed by atoms with van der Waals surface area (Å²) in [4.78, 5) is 14.1. The number of carbonyl (C=O) groups is 1. The molecule has 0 spiro atoms. The lowest BCUT2D eigenvalue weighted by molar-refractivity contribution is -0.0108. The van der Waals surface area contributed by atoms with Crippen molar-refractivity contribution in [2.75, 3.05) is 25.6 Å². The van der Waals surface area contributed by atoms with Crippen molar-refractivity contribution >= 4 is 17.5 Å². The Bertz CT molecular complexity index is 450. The molecule has 18 heavy (non-hydrogen) atoms. The number of nitrogens with zero attached hydrogens (tertiary/aromatic N) is 1. The molecule has 1 heterocycles. The second-order valence-corrected chi connectivity index (χ2v) is 4.71. The summed E-state index contributed by atoms with van der Waals surface area (Å²) in [5, 5.41) is 9.35. The summed E-state index contributed by atoms with van der Waals surface area (Å²) in [6.45, 7) is 3.42. The Morgan fingerprint density at radius 2 is 2.39 bits per heavy atom. The van der Waals surface area contributed by atoms with Crippen LogP contribution >= 0.6 is 11.6 Å². The lowest BCUT2D eigenvalue weighted by Crippen LogP contribution is -2.46. The van der Waals surface area contributed by atoms with Crippen LogP contribution in [0.15, 0.2) is 18.2 Å². The van der Waals surface area contributed by atoms with Crippen LogP contribution in [-0.2, 0) is 4.74 Å². The average Bonchev–Trinajstić information content (AvgIpc) is 2.38. The Kier molecular flexibility index (Phi) is 4.09. The van der Waals surface area contributed by atoms with E-state index in [1.54, 1.807) is 17.0 Å². The molecule has 0 saturated carbocycles. The molecule has 1 aliphatic rings. The van der Waals surface area contributed by atoms with Crippen LogP contribution in [-0.4, -0.2) is 47.6 Å². The molecule has 1 aromatic rings. The van der Waals surface area contributed by atoms with Gasteiger partial charge in [0.25, 0.3) is 5.91 Å². The second-order valence-electron chi connectivity index (χ2n) is 4.40. The Balaban J connectivity index is 2.15. The van der Waals surface area contributed by atoms with Gasteiger partial charge in [-0.2, -0.15) is 0 Å². The number of phenols is 1. The molecule has 4 nitrogen and oxygen atoms in total. The Labute approximate surface area is 111 Å². The highest BCUT2D eigenvalue weighted by Gasteiger charge is 2.25. The van der Waals surface area contributed by atoms with Crippen molar-refractivity contribution < 1.29 is 14.6 Å². The van der Waals surface area contributed by atoms with E-state index in [2.05, 4.69) is 0 Å². The van der Waals surface area contributed by atoms with Crippen molar-refractivity contribution in [3.05, 3.63) is 29.3 Å². The average molecular weight is 270 g/mol. The fraction of sp³-hybridized carbons (Fsp3) is 0.462. The van der Waals surface area contributed by atoms with E-state index in [4.69, 9.17) is 16.3 Å². The van der Waals surface area contributed by atoms with Crippen LogP contribution in [0.5, 0.6) is 5.75 Å². The van der Waals surface area contributed by atoms with Crippen molar-refractivity contribution in [2.24, 2.45) is 0 Å². The molecule has 1 fully saturated rings. The first kappa shape index (κ1) is 13.2. The summed E-state index contributed by atoms with van der Waals surface area (Å²) in [7, 11) is 0. The number of hydrogen-bond donors (Lipinski definition) is 1. The molecule has 1 aromatic carbocycles. The van der Waals surface area contributed by atoms with Gasteiger partial charge in [-0.3, -0.25) is 4.79 Å². The number of phenolic OH excluding ortho intramolecular Hbond substituents is 1. The molecule has 1 atom stereocenters. The van der Waals surface area contributed by atoms with Gasteiger partial charge in [0.1, 0.15) is 5.75 Å². The SMILES string of the molecule is Cc1cc(O)ccc1C(=O)N1CCOC(CCl)C1. The summed E-state index contributed by atoms with van der Waals surface area (Å²) in [5.74, 6) is 0.522. The van der Waals surface area contributed by atoms with Gasteiger partial charge in [-0.25, -0.2) is 0 Å². The van der Waals surface area contributed by atoms with Gasteiger partial charge in [-0.05, 0) is 30.7 Å². The van der Waals surface area contributed by atoms with E-state index in [1.807, 2.05) is 6.92 Å². The number of amides is 1. The van der Waals surface area contributed by atoms with Crippen molar-refractivity contribution in [2.45, 2.75) is 13.0 Å². The summed E-state index contributed by atoms with van der Waals surface area (Å²) in [5.41, 5.74) is 1.39. The smallest absolute Gasteiger partial charge is 0.254 e. The molecule has 0 aliphatic carbocycles. The Morgan fingerprint density at radius 3 is 3.06 bits per heavy atom. The number of halogens is 1. The Hall–Kier alpha value is -1.26. The van der Waals surface area contributed by atoms with E-state index >= 15 is 0 Å². The molecule has 0 bridgehead atoms. The zero-order valence-corrected chi connectivity index (χ0v) is 11.0. The highest BCUT2D eigenvalue weighted by atomic mass is 35.5. The summed E-state index contributed by atoms with van der Waals surface area (Å²) in [6, 6.07) is 4.77. The van der Waals surface area contributed by atoms with Crippen LogP contribution in [0.25, 0.3) is 0 Å². The largest absolute Gasteiger partial charge is 0.508 e. The maximum absolute atomic E-state index is 12.3. The van der Waals surface area contributed by atoms with Crippen molar-refractivity contribution in [1.82, 2.24) is 4.90 Å². The standard InChI is InChI=1S/C13H16ClNO3/c1-9-6-10(16)2-3-12(9)13(17)15-4-5-18-11(7-14)8-15/h2-3,6,11,16H,4-5,7-8H2,1H3. The normalized spacial score (nSPS) is 19.9. The number of rotatable bonds is 2. The minimum absolute atomic E-state index is 0.0362. The number of carbonyl (C=O) groups excluding carboxylic acids is 1. The first-order valence-electron chi connectivity index (χ1n) is 5.88. The molecule has 0 radical (unpaired) electrons. The molecule has 1 unspecified atom stereocenters. The van der Waals surface area contributed by atoms with E-state index in [1.165, 1.54) is 6.07 Å². The minimum Gasteiger partial charge on any atom is -0.508 e. The van der Waals surface area contributed by atoms with Crippen LogP contribution in [0, 0.1) is 6.92 Å². The zero-order valence-electron chi connectivity index (χ0n) is 10.2. The fourth-order valence-electron chi connectivity index (χ4n) is 2.06. The maximum atomic E-state index is 12.3. The first-order chi connectivity index (χ1) is 8.61. The molecule has 98 valence electrons. The number of alkyl halides is 1. The van der Waals surface area contributed by atoms with Gasteiger partial charge in [0.2, 0.25) is 0 Å². The van der Waals surface area contributed by atoms with E-state index in [9.17, 15) is 9.90 Å². The first-order valence-corrected chi connectivity index (χ1v) is 6.41. The summed E-state index contributed by atoms with van der Waals surface area (Å²) >= 11 is 5.75. The molecule has 0 aromatic heterocycles. The van der Waals surface area contributed by atoms with Gasteiger partial charge in [0.15, 0.2) is 0 Å². The predicted molar refractivity (Wildman–Crippen MR) is 69.2 cm³/mol. The number of morpholine rings is 1. The molecule has 1 N–H and O–H groups in total. The van der Waals surface area contributed by atoms with Crippen LogP contribution in [0.3, 0.4) is 0 Å². The highest BCUT2D eigenvalue weighted by molar-refractivity contribution is 6.18. The van der Waals surface area contributed by atoms with Gasteiger partial charge < -0.3 is 14.7 Å². The number of aromatic hydroxyl groups is 1. The van der Waals surface area contributed by atoms with E-state index in [0.29, 0.717) is 31.1 Å². The maximum Gasteiger partial charge on any atom is 0.254 e. The topological polar surface area (TPSA) is 49.8 Å². The van der Waals surface area contributed by atoms with Crippen LogP contribution in [0.4, 0.5) is 0 Å². The molecule has 1 saturated heterocycles. The van der Waals surface area contributed by atoms with Crippen molar-refractivity contribution in [3.63, 3.8) is 0 Å². The van der Waals surface area contributed by atoms with Crippen LogP contribution < -0.4 is 0 Å². The summed E-state index contributed by atoms with van der Waals surface area (Å²) < 4.78 is 5.43. The molecular weight excluding hydrogens is 254 g/mol. The summed E-state index contributed by atoms with van der Waals surface area (Å²) in [6.07, 6.45) is -0.0956. The molecular formula is C13H16ClNO3. The predicted octanol–water partition coefficient (Wildman–Crippen LogP) is 1.78. The van der Waals surface area contributed by atoms with Crippen molar-refractivity contribution in [3.8, 4) is 5.75 Å². The van der Waals surface area contributed by atoms with E-state index in [-0.39, 0.29) is 17.8 Å². The van der Waals surface area contributed by atoms with Crippen molar-refractivity contribution in [1.29, 1.82) is 0 Å². The lowest BCUT2D eigenvalue weighted by atomic mass is 10.1. The highest BCUT2D eigenvalue weighted by Crippen LogP contribution is 2.18. The molecule has 5 heteroatoms. The van der Waals surface area contributed by atoms with Gasteiger partial charge in [0.05, 0.1) is 18.6 Å². The quantitative estimate of drug-likeness (QED) is 0.833. The van der Waals surface area contributed by atoms with Crippen LogP contribution in [0.1, 0.15) is 15.9 Å². The van der Waals surface area contributed by atoms with Gasteiger partial charge in [-0.1, -0.05) is 0 Å². The van der Waals surface area contributed by atoms with Crippen LogP contribution in [0.2, 0.25) is 0 Å². The molecule has 1 aliphatic heterocycles. The third-order valence-corrected chi connectivity index (χ3v) is 3.38. The number of hydrogen-bond acceptors (Lipinski definition) is 3. The Morgan fingerprint density at radius 1 is 1.61 bits per heavy atom. The van der Waals surface area contributed by atoms with Gasteiger partial charge in [0, 0.05) is 18.7 Å². The number of ether oxygens (including phenoxy) is 1. The van der Waals surface area contributed by atoms with E-state index in [0.717, 1.165) is 5.56 Å². The third kappa shape index (κ3) is 2.76. The molecule has 2 rings (SSSR count). The lowest BCUT2D eigenvalue weighted by Gasteiger charge is -2.32. The second kappa shape index (κ2) is 5.59. The molecule has 1 amide bonds. The van der Waals surface area contributed by atoms with Gasteiger partial charge >= 0.3 is 0 Å². The number of aryl methyl sites for hydroxylation is 1. The third-order valence-electron chi connectivity index (χ3n) is 3.04. The fourth-order valence-corrected chi connectivity index (χ4v) is 2.24. The minimum atomic E-state index is -0.0956. The monoisotopic (exact) mass is 269 g/mol. The zero-order chi connectivity index (χ0) is 13.1. The number of benzene rings is 1. The van der Waals surface area contributed by atoms with Gasteiger partial charge in [-0.15, -0.1) is 11.6 Å². The van der Waals surface area contributed by atoms with E-state index < -0.39 is 0 Å².